The van der Waals surface area contributed by atoms with Gasteiger partial charge in [-0.05, 0) is 44.8 Å². The van der Waals surface area contributed by atoms with Crippen LogP contribution in [0.4, 0.5) is 0 Å². The van der Waals surface area contributed by atoms with Gasteiger partial charge in [-0.15, -0.1) is 0 Å². The van der Waals surface area contributed by atoms with E-state index in [-0.39, 0.29) is 0 Å². The van der Waals surface area contributed by atoms with Crippen LogP contribution in [0, 0.1) is 0 Å². The third-order valence-corrected chi connectivity index (χ3v) is 11.1. The zero-order chi connectivity index (χ0) is 12.1. The van der Waals surface area contributed by atoms with Gasteiger partial charge >= 0.3 is 8.56 Å². The van der Waals surface area contributed by atoms with Gasteiger partial charge in [0.1, 0.15) is 0 Å². The summed E-state index contributed by atoms with van der Waals surface area (Å²) in [6.07, 6.45) is 0. The van der Waals surface area contributed by atoms with E-state index < -0.39 is 25.9 Å². The maximum atomic E-state index is 6.19. The molecule has 6 heteroatoms. The summed E-state index contributed by atoms with van der Waals surface area (Å²) in [4.78, 5) is 0. The molecule has 92 valence electrons. The Morgan fingerprint density at radius 1 is 1.07 bits per heavy atom. The van der Waals surface area contributed by atoms with E-state index in [9.17, 15) is 0 Å². The third-order valence-electron chi connectivity index (χ3n) is 2.36. The SMILES string of the molecule is CO[SiH](C)CC[Si](C)(OC)O[Si](C)(C)C. The molecule has 0 aromatic rings. The summed E-state index contributed by atoms with van der Waals surface area (Å²) in [6, 6.07) is 2.21. The van der Waals surface area contributed by atoms with Gasteiger partial charge in [0.05, 0.1) is 0 Å². The molecule has 0 aliphatic carbocycles. The minimum absolute atomic E-state index is 0.973. The molecular formula is C9H26O3Si3. The molecule has 0 spiro atoms. The van der Waals surface area contributed by atoms with Crippen LogP contribution in [-0.2, 0) is 13.0 Å². The van der Waals surface area contributed by atoms with Gasteiger partial charge in [-0.1, -0.05) is 0 Å². The summed E-state index contributed by atoms with van der Waals surface area (Å²) in [5.41, 5.74) is 0. The van der Waals surface area contributed by atoms with Gasteiger partial charge in [0, 0.05) is 14.2 Å². The molecule has 0 saturated heterocycles. The van der Waals surface area contributed by atoms with Crippen LogP contribution in [0.15, 0.2) is 0 Å². The van der Waals surface area contributed by atoms with Crippen molar-refractivity contribution < 1.29 is 13.0 Å². The summed E-state index contributed by atoms with van der Waals surface area (Å²) in [7, 11) is -0.788. The van der Waals surface area contributed by atoms with Crippen LogP contribution in [0.1, 0.15) is 0 Å². The summed E-state index contributed by atoms with van der Waals surface area (Å²) >= 11 is 0. The monoisotopic (exact) mass is 266 g/mol. The summed E-state index contributed by atoms with van der Waals surface area (Å²) in [6.45, 7) is 11.0. The van der Waals surface area contributed by atoms with Crippen LogP contribution < -0.4 is 0 Å². The molecule has 0 amide bonds. The summed E-state index contributed by atoms with van der Waals surface area (Å²) < 4.78 is 17.2. The van der Waals surface area contributed by atoms with Crippen molar-refractivity contribution in [3.05, 3.63) is 0 Å². The van der Waals surface area contributed by atoms with Crippen molar-refractivity contribution in [3.8, 4) is 0 Å². The van der Waals surface area contributed by atoms with Gasteiger partial charge in [0.2, 0.25) is 0 Å². The molecule has 0 bridgehead atoms. The highest BCUT2D eigenvalue weighted by atomic mass is 28.4. The predicted molar refractivity (Wildman–Crippen MR) is 72.7 cm³/mol. The van der Waals surface area contributed by atoms with Crippen molar-refractivity contribution >= 4 is 25.9 Å². The van der Waals surface area contributed by atoms with Gasteiger partial charge in [-0.2, -0.15) is 0 Å². The highest BCUT2D eigenvalue weighted by Gasteiger charge is 2.35. The molecule has 0 saturated carbocycles. The topological polar surface area (TPSA) is 27.7 Å². The van der Waals surface area contributed by atoms with E-state index in [1.807, 2.05) is 7.11 Å². The van der Waals surface area contributed by atoms with E-state index in [1.165, 1.54) is 0 Å². The number of rotatable bonds is 7. The van der Waals surface area contributed by atoms with Crippen molar-refractivity contribution in [1.82, 2.24) is 0 Å². The van der Waals surface area contributed by atoms with Crippen LogP contribution in [0.25, 0.3) is 0 Å². The fourth-order valence-corrected chi connectivity index (χ4v) is 11.5. The molecule has 0 fully saturated rings. The number of hydrogen-bond acceptors (Lipinski definition) is 3. The lowest BCUT2D eigenvalue weighted by Gasteiger charge is -2.33. The molecule has 2 unspecified atom stereocenters. The molecule has 0 aliphatic rings. The van der Waals surface area contributed by atoms with Gasteiger partial charge in [0.15, 0.2) is 17.4 Å². The maximum absolute atomic E-state index is 6.19. The van der Waals surface area contributed by atoms with Gasteiger partial charge in [-0.25, -0.2) is 0 Å². The minimum atomic E-state index is -1.92. The second-order valence-corrected chi connectivity index (χ2v) is 16.0. The number of hydrogen-bond donors (Lipinski definition) is 0. The Labute approximate surface area is 98.2 Å². The van der Waals surface area contributed by atoms with Crippen molar-refractivity contribution in [2.45, 2.75) is 44.8 Å². The molecule has 0 aliphatic heterocycles. The van der Waals surface area contributed by atoms with Crippen LogP contribution >= 0.6 is 0 Å². The van der Waals surface area contributed by atoms with Gasteiger partial charge < -0.3 is 13.0 Å². The van der Waals surface area contributed by atoms with E-state index in [0.717, 1.165) is 12.1 Å². The highest BCUT2D eigenvalue weighted by molar-refractivity contribution is 6.82. The van der Waals surface area contributed by atoms with Crippen molar-refractivity contribution in [2.24, 2.45) is 0 Å². The molecular weight excluding hydrogens is 240 g/mol. The molecule has 15 heavy (non-hydrogen) atoms. The second kappa shape index (κ2) is 6.31. The third kappa shape index (κ3) is 7.42. The Morgan fingerprint density at radius 3 is 1.93 bits per heavy atom. The first-order valence-corrected chi connectivity index (χ1v) is 13.9. The largest absolute Gasteiger partial charge is 0.436 e. The Kier molecular flexibility index (Phi) is 6.53. The van der Waals surface area contributed by atoms with Crippen molar-refractivity contribution in [2.75, 3.05) is 14.2 Å². The van der Waals surface area contributed by atoms with Crippen LogP contribution in [0.2, 0.25) is 44.8 Å². The Bertz CT molecular complexity index is 184. The van der Waals surface area contributed by atoms with E-state index >= 15 is 0 Å². The standard InChI is InChI=1S/C9H26O3Si3/c1-10-13(3)8-9-15(7,11-2)12-14(4,5)6/h13H,8-9H2,1-7H3. The first-order chi connectivity index (χ1) is 6.72. The van der Waals surface area contributed by atoms with Crippen molar-refractivity contribution in [1.29, 1.82) is 0 Å². The zero-order valence-electron chi connectivity index (χ0n) is 11.2. The van der Waals surface area contributed by atoms with Gasteiger partial charge in [-0.3, -0.25) is 0 Å². The molecule has 3 nitrogen and oxygen atoms in total. The van der Waals surface area contributed by atoms with E-state index in [0.29, 0.717) is 0 Å². The van der Waals surface area contributed by atoms with Crippen LogP contribution in [-0.4, -0.2) is 40.1 Å². The molecule has 0 N–H and O–H groups in total. The van der Waals surface area contributed by atoms with Crippen LogP contribution in [0.3, 0.4) is 0 Å². The lowest BCUT2D eigenvalue weighted by atomic mass is 10.9. The van der Waals surface area contributed by atoms with E-state index in [1.54, 1.807) is 7.11 Å². The fourth-order valence-electron chi connectivity index (χ4n) is 1.43. The fraction of sp³-hybridized carbons (Fsp3) is 1.00. The maximum Gasteiger partial charge on any atom is 0.324 e. The van der Waals surface area contributed by atoms with Gasteiger partial charge in [0.25, 0.3) is 0 Å². The molecule has 0 radical (unpaired) electrons. The Morgan fingerprint density at radius 2 is 1.60 bits per heavy atom. The van der Waals surface area contributed by atoms with E-state index in [4.69, 9.17) is 13.0 Å². The quantitative estimate of drug-likeness (QED) is 0.663. The highest BCUT2D eigenvalue weighted by Crippen LogP contribution is 2.21. The molecule has 0 aromatic heterocycles. The molecule has 2 atom stereocenters. The first kappa shape index (κ1) is 15.5. The Balaban J connectivity index is 4.19. The van der Waals surface area contributed by atoms with E-state index in [2.05, 4.69) is 32.7 Å². The second-order valence-electron chi connectivity index (χ2n) is 5.14. The normalized spacial score (nSPS) is 18.6. The smallest absolute Gasteiger partial charge is 0.324 e. The summed E-state index contributed by atoms with van der Waals surface area (Å²) in [5.74, 6) is 0. The Hall–Kier alpha value is 0.531. The summed E-state index contributed by atoms with van der Waals surface area (Å²) in [5, 5.41) is 0. The van der Waals surface area contributed by atoms with Crippen LogP contribution in [0.5, 0.6) is 0 Å². The molecule has 0 aromatic carbocycles. The molecule has 0 heterocycles. The lowest BCUT2D eigenvalue weighted by molar-refractivity contribution is 0.303. The average Bonchev–Trinajstić information content (AvgIpc) is 2.11. The minimum Gasteiger partial charge on any atom is -0.436 e. The van der Waals surface area contributed by atoms with Crippen molar-refractivity contribution in [3.63, 3.8) is 0 Å². The molecule has 0 rings (SSSR count). The first-order valence-electron chi connectivity index (χ1n) is 5.50. The predicted octanol–water partition coefficient (Wildman–Crippen LogP) is 2.56. The zero-order valence-corrected chi connectivity index (χ0v) is 14.4. The average molecular weight is 267 g/mol. The lowest BCUT2D eigenvalue weighted by Crippen LogP contribution is -2.46.